The van der Waals surface area contributed by atoms with Crippen molar-refractivity contribution in [2.45, 2.75) is 37.9 Å². The molecule has 2 heterocycles. The lowest BCUT2D eigenvalue weighted by atomic mass is 10.1. The Bertz CT molecular complexity index is 243. The van der Waals surface area contributed by atoms with Gasteiger partial charge < -0.3 is 19.3 Å². The number of nitrogens with zero attached hydrogens (tertiary/aromatic N) is 2. The molecule has 0 unspecified atom stereocenters. The van der Waals surface area contributed by atoms with Crippen LogP contribution in [0.25, 0.3) is 0 Å². The fraction of sp³-hybridized carbons (Fsp3) is 0.923. The molecular weight excluding hydrogens is 232 g/mol. The van der Waals surface area contributed by atoms with Crippen molar-refractivity contribution in [2.24, 2.45) is 0 Å². The highest BCUT2D eigenvalue weighted by molar-refractivity contribution is 5.60. The van der Waals surface area contributed by atoms with Crippen LogP contribution in [0.3, 0.4) is 0 Å². The number of carbonyl (C=O) groups is 1. The van der Waals surface area contributed by atoms with Crippen LogP contribution in [-0.2, 0) is 9.47 Å². The molecule has 0 spiro atoms. The summed E-state index contributed by atoms with van der Waals surface area (Å²) < 4.78 is 10.7. The maximum atomic E-state index is 11.7. The van der Waals surface area contributed by atoms with Gasteiger partial charge in [-0.15, -0.1) is 0 Å². The first-order chi connectivity index (χ1) is 8.63. The maximum absolute atomic E-state index is 11.7. The van der Waals surface area contributed by atoms with Gasteiger partial charge in [0.2, 0.25) is 0 Å². The molecule has 0 radical (unpaired) electrons. The summed E-state index contributed by atoms with van der Waals surface area (Å²) >= 11 is 0. The first-order valence-electron chi connectivity index (χ1n) is 6.88. The van der Waals surface area contributed by atoms with Gasteiger partial charge >= 0.3 is 6.16 Å². The fourth-order valence-corrected chi connectivity index (χ4v) is 2.51. The van der Waals surface area contributed by atoms with Gasteiger partial charge in [-0.3, -0.25) is 0 Å². The summed E-state index contributed by atoms with van der Waals surface area (Å²) in [5.74, 6) is 0. The van der Waals surface area contributed by atoms with Crippen LogP contribution in [0.4, 0.5) is 4.79 Å². The first-order valence-corrected chi connectivity index (χ1v) is 6.88. The van der Waals surface area contributed by atoms with Gasteiger partial charge in [-0.1, -0.05) is 0 Å². The van der Waals surface area contributed by atoms with Gasteiger partial charge in [-0.2, -0.15) is 0 Å². The molecule has 0 aromatic carbocycles. The van der Waals surface area contributed by atoms with Crippen LogP contribution >= 0.6 is 0 Å². The zero-order valence-electron chi connectivity index (χ0n) is 11.4. The topological polar surface area (TPSA) is 42.0 Å². The lowest BCUT2D eigenvalue weighted by Crippen LogP contribution is -2.38. The Morgan fingerprint density at radius 2 is 1.17 bits per heavy atom. The van der Waals surface area contributed by atoms with Crippen LogP contribution in [0.5, 0.6) is 0 Å². The van der Waals surface area contributed by atoms with Gasteiger partial charge in [0, 0.05) is 26.2 Å². The van der Waals surface area contributed by atoms with Gasteiger partial charge in [0.05, 0.1) is 0 Å². The molecule has 0 N–H and O–H groups in total. The molecular formula is C13H24N2O3. The zero-order valence-corrected chi connectivity index (χ0v) is 11.4. The van der Waals surface area contributed by atoms with Gasteiger partial charge in [-0.05, 0) is 39.8 Å². The van der Waals surface area contributed by atoms with E-state index in [1.54, 1.807) is 0 Å². The number of rotatable bonds is 2. The van der Waals surface area contributed by atoms with Crippen LogP contribution in [0.1, 0.15) is 25.7 Å². The van der Waals surface area contributed by atoms with Crippen LogP contribution in [0.2, 0.25) is 0 Å². The van der Waals surface area contributed by atoms with E-state index in [1.165, 1.54) is 0 Å². The molecule has 0 aromatic heterocycles. The summed E-state index contributed by atoms with van der Waals surface area (Å²) in [5.41, 5.74) is 0. The summed E-state index contributed by atoms with van der Waals surface area (Å²) in [7, 11) is 4.18. The van der Waals surface area contributed by atoms with E-state index in [2.05, 4.69) is 23.9 Å². The fourth-order valence-electron chi connectivity index (χ4n) is 2.51. The number of ether oxygens (including phenoxy) is 2. The molecule has 0 amide bonds. The number of likely N-dealkylation sites (tertiary alicyclic amines) is 2. The lowest BCUT2D eigenvalue weighted by Gasteiger charge is -2.30. The molecule has 0 aromatic rings. The van der Waals surface area contributed by atoms with E-state index < -0.39 is 6.16 Å². The average Bonchev–Trinajstić information content (AvgIpc) is 2.35. The van der Waals surface area contributed by atoms with E-state index in [4.69, 9.17) is 9.47 Å². The molecule has 0 atom stereocenters. The third-order valence-corrected chi connectivity index (χ3v) is 3.86. The van der Waals surface area contributed by atoms with Crippen molar-refractivity contribution < 1.29 is 14.3 Å². The van der Waals surface area contributed by atoms with Crippen molar-refractivity contribution in [2.75, 3.05) is 40.3 Å². The Morgan fingerprint density at radius 1 is 0.833 bits per heavy atom. The van der Waals surface area contributed by atoms with Crippen LogP contribution in [0.15, 0.2) is 0 Å². The average molecular weight is 256 g/mol. The predicted octanol–water partition coefficient (Wildman–Crippen LogP) is 1.33. The summed E-state index contributed by atoms with van der Waals surface area (Å²) in [5, 5.41) is 0. The third kappa shape index (κ3) is 4.14. The van der Waals surface area contributed by atoms with E-state index >= 15 is 0 Å². The highest BCUT2D eigenvalue weighted by Crippen LogP contribution is 2.16. The van der Waals surface area contributed by atoms with Gasteiger partial charge in [0.25, 0.3) is 0 Å². The molecule has 0 aliphatic carbocycles. The van der Waals surface area contributed by atoms with Crippen molar-refractivity contribution in [1.29, 1.82) is 0 Å². The number of piperidine rings is 2. The molecule has 104 valence electrons. The van der Waals surface area contributed by atoms with Crippen molar-refractivity contribution in [3.63, 3.8) is 0 Å². The second-order valence-electron chi connectivity index (χ2n) is 5.49. The highest BCUT2D eigenvalue weighted by atomic mass is 16.7. The molecule has 5 heteroatoms. The molecule has 2 rings (SSSR count). The Balaban J connectivity index is 1.66. The molecule has 18 heavy (non-hydrogen) atoms. The second kappa shape index (κ2) is 6.38. The molecule has 5 nitrogen and oxygen atoms in total. The Kier molecular flexibility index (Phi) is 4.83. The van der Waals surface area contributed by atoms with Gasteiger partial charge in [0.1, 0.15) is 12.2 Å². The molecule has 0 saturated carbocycles. The summed E-state index contributed by atoms with van der Waals surface area (Å²) in [4.78, 5) is 16.2. The molecule has 2 fully saturated rings. The van der Waals surface area contributed by atoms with Crippen molar-refractivity contribution in [1.82, 2.24) is 9.80 Å². The Hall–Kier alpha value is -0.810. The smallest absolute Gasteiger partial charge is 0.431 e. The van der Waals surface area contributed by atoms with E-state index in [0.717, 1.165) is 51.9 Å². The SMILES string of the molecule is CN1CCC(OC(=O)OC2CCN(C)CC2)CC1. The minimum atomic E-state index is -0.473. The molecule has 2 saturated heterocycles. The normalized spacial score (nSPS) is 25.0. The number of carbonyl (C=O) groups excluding carboxylic acids is 1. The molecule has 2 aliphatic rings. The third-order valence-electron chi connectivity index (χ3n) is 3.86. The van der Waals surface area contributed by atoms with E-state index in [-0.39, 0.29) is 12.2 Å². The van der Waals surface area contributed by atoms with Gasteiger partial charge in [0.15, 0.2) is 0 Å². The number of hydrogen-bond acceptors (Lipinski definition) is 5. The van der Waals surface area contributed by atoms with E-state index in [9.17, 15) is 4.79 Å². The molecule has 0 bridgehead atoms. The standard InChI is InChI=1S/C13H24N2O3/c1-14-7-3-11(4-8-14)17-13(16)18-12-5-9-15(2)10-6-12/h11-12H,3-10H2,1-2H3. The van der Waals surface area contributed by atoms with E-state index in [0.29, 0.717) is 0 Å². The van der Waals surface area contributed by atoms with Crippen molar-refractivity contribution in [3.8, 4) is 0 Å². The van der Waals surface area contributed by atoms with Crippen LogP contribution < -0.4 is 0 Å². The Labute approximate surface area is 109 Å². The summed E-state index contributed by atoms with van der Waals surface area (Å²) in [6.07, 6.45) is 3.27. The largest absolute Gasteiger partial charge is 0.508 e. The van der Waals surface area contributed by atoms with Gasteiger partial charge in [-0.25, -0.2) is 4.79 Å². The highest BCUT2D eigenvalue weighted by Gasteiger charge is 2.24. The summed E-state index contributed by atoms with van der Waals surface area (Å²) in [6, 6.07) is 0. The van der Waals surface area contributed by atoms with E-state index in [1.807, 2.05) is 0 Å². The predicted molar refractivity (Wildman–Crippen MR) is 68.6 cm³/mol. The monoisotopic (exact) mass is 256 g/mol. The van der Waals surface area contributed by atoms with Crippen molar-refractivity contribution >= 4 is 6.16 Å². The van der Waals surface area contributed by atoms with Crippen LogP contribution in [0, 0.1) is 0 Å². The first kappa shape index (κ1) is 13.6. The maximum Gasteiger partial charge on any atom is 0.508 e. The molecule has 2 aliphatic heterocycles. The summed E-state index contributed by atoms with van der Waals surface area (Å²) in [6.45, 7) is 3.97. The lowest BCUT2D eigenvalue weighted by molar-refractivity contribution is -0.0289. The minimum Gasteiger partial charge on any atom is -0.431 e. The van der Waals surface area contributed by atoms with Crippen molar-refractivity contribution in [3.05, 3.63) is 0 Å². The minimum absolute atomic E-state index is 0.0416. The second-order valence-corrected chi connectivity index (χ2v) is 5.49. The quantitative estimate of drug-likeness (QED) is 0.697. The Morgan fingerprint density at radius 3 is 1.50 bits per heavy atom. The zero-order chi connectivity index (χ0) is 13.0. The number of hydrogen-bond donors (Lipinski definition) is 0. The van der Waals surface area contributed by atoms with Crippen LogP contribution in [-0.4, -0.2) is 68.4 Å².